The molecule has 1 heterocycles. The molecule has 8 heteroatoms. The molecule has 106 valence electrons. The molecule has 0 saturated carbocycles. The Morgan fingerprint density at radius 1 is 1.11 bits per heavy atom. The summed E-state index contributed by atoms with van der Waals surface area (Å²) in [6.45, 7) is 1.09. The molecule has 1 rings (SSSR count). The fourth-order valence-electron chi connectivity index (χ4n) is 1.41. The van der Waals surface area contributed by atoms with Gasteiger partial charge in [0.05, 0.1) is 6.54 Å². The summed E-state index contributed by atoms with van der Waals surface area (Å²) in [6.07, 6.45) is 0. The molecule has 0 N–H and O–H groups in total. The largest absolute Gasteiger partial charge is 0.357 e. The molecule has 1 aromatic rings. The van der Waals surface area contributed by atoms with Gasteiger partial charge in [0, 0.05) is 20.6 Å². The molecule has 4 nitrogen and oxygen atoms in total. The van der Waals surface area contributed by atoms with Gasteiger partial charge in [-0.1, -0.05) is 0 Å². The van der Waals surface area contributed by atoms with E-state index in [4.69, 9.17) is 0 Å². The molecule has 1 aromatic heterocycles. The number of aromatic nitrogens is 1. The van der Waals surface area contributed by atoms with Crippen LogP contribution in [0.4, 0.5) is 23.2 Å². The third-order valence-electron chi connectivity index (χ3n) is 2.50. The number of anilines is 1. The van der Waals surface area contributed by atoms with E-state index in [1.54, 1.807) is 0 Å². The lowest BCUT2D eigenvalue weighted by atomic mass is 10.3. The van der Waals surface area contributed by atoms with Crippen LogP contribution < -0.4 is 4.90 Å². The number of carbonyl (C=O) groups excluding carboxylic acids is 1. The zero-order valence-electron chi connectivity index (χ0n) is 10.7. The van der Waals surface area contributed by atoms with Crippen molar-refractivity contribution in [1.82, 2.24) is 9.88 Å². The summed E-state index contributed by atoms with van der Waals surface area (Å²) in [6, 6.07) is 0. The molecule has 19 heavy (non-hydrogen) atoms. The number of hydrogen-bond donors (Lipinski definition) is 0. The number of amides is 1. The van der Waals surface area contributed by atoms with Gasteiger partial charge in [0.25, 0.3) is 11.9 Å². The SMILES string of the molecule is CCN(CC(=O)N(C)C)c1c(F)c(F)nc(F)c1F. The quantitative estimate of drug-likeness (QED) is 0.620. The smallest absolute Gasteiger partial charge is 0.253 e. The Bertz CT molecular complexity index is 467. The molecular formula is C11H13F4N3O. The predicted octanol–water partition coefficient (Wildman–Crippen LogP) is 1.55. The van der Waals surface area contributed by atoms with Gasteiger partial charge in [-0.3, -0.25) is 4.79 Å². The van der Waals surface area contributed by atoms with Crippen molar-refractivity contribution in [2.75, 3.05) is 32.1 Å². The van der Waals surface area contributed by atoms with E-state index in [1.807, 2.05) is 0 Å². The summed E-state index contributed by atoms with van der Waals surface area (Å²) >= 11 is 0. The first-order valence-corrected chi connectivity index (χ1v) is 5.44. The van der Waals surface area contributed by atoms with Gasteiger partial charge in [0.15, 0.2) is 0 Å². The topological polar surface area (TPSA) is 36.4 Å². The van der Waals surface area contributed by atoms with Crippen molar-refractivity contribution in [3.8, 4) is 0 Å². The van der Waals surface area contributed by atoms with Crippen LogP contribution in [-0.4, -0.2) is 43.0 Å². The molecule has 0 saturated heterocycles. The summed E-state index contributed by atoms with van der Waals surface area (Å²) in [4.78, 5) is 16.1. The van der Waals surface area contributed by atoms with Crippen molar-refractivity contribution in [3.05, 3.63) is 23.5 Å². The van der Waals surface area contributed by atoms with Crippen LogP contribution in [0.15, 0.2) is 0 Å². The Morgan fingerprint density at radius 2 is 1.58 bits per heavy atom. The second-order valence-corrected chi connectivity index (χ2v) is 3.97. The Morgan fingerprint density at radius 3 is 1.95 bits per heavy atom. The predicted molar refractivity (Wildman–Crippen MR) is 60.7 cm³/mol. The number of hydrogen-bond acceptors (Lipinski definition) is 3. The molecule has 1 amide bonds. The minimum atomic E-state index is -1.75. The maximum Gasteiger partial charge on any atom is 0.253 e. The zero-order chi connectivity index (χ0) is 14.7. The molecule has 0 spiro atoms. The molecule has 0 fully saturated rings. The molecule has 0 radical (unpaired) electrons. The lowest BCUT2D eigenvalue weighted by Gasteiger charge is -2.24. The van der Waals surface area contributed by atoms with E-state index in [2.05, 4.69) is 4.98 Å². The van der Waals surface area contributed by atoms with Crippen molar-refractivity contribution in [2.45, 2.75) is 6.92 Å². The number of rotatable bonds is 4. The number of halogens is 4. The Balaban J connectivity index is 3.22. The third-order valence-corrected chi connectivity index (χ3v) is 2.50. The van der Waals surface area contributed by atoms with Crippen LogP contribution in [0.1, 0.15) is 6.92 Å². The first kappa shape index (κ1) is 15.2. The Kier molecular flexibility index (Phi) is 4.68. The van der Waals surface area contributed by atoms with Crippen LogP contribution in [0.3, 0.4) is 0 Å². The number of carbonyl (C=O) groups is 1. The lowest BCUT2D eigenvalue weighted by molar-refractivity contribution is -0.127. The monoisotopic (exact) mass is 279 g/mol. The van der Waals surface area contributed by atoms with E-state index in [-0.39, 0.29) is 6.54 Å². The average molecular weight is 279 g/mol. The summed E-state index contributed by atoms with van der Waals surface area (Å²) in [5.74, 6) is -7.19. The van der Waals surface area contributed by atoms with Gasteiger partial charge < -0.3 is 9.80 Å². The minimum absolute atomic E-state index is 0.00366. The van der Waals surface area contributed by atoms with Gasteiger partial charge in [-0.2, -0.15) is 22.5 Å². The summed E-state index contributed by atoms with van der Waals surface area (Å²) < 4.78 is 53.0. The fourth-order valence-corrected chi connectivity index (χ4v) is 1.41. The van der Waals surface area contributed by atoms with Gasteiger partial charge in [-0.05, 0) is 6.92 Å². The van der Waals surface area contributed by atoms with Crippen molar-refractivity contribution in [1.29, 1.82) is 0 Å². The van der Waals surface area contributed by atoms with E-state index in [1.165, 1.54) is 25.9 Å². The lowest BCUT2D eigenvalue weighted by Crippen LogP contribution is -2.37. The van der Waals surface area contributed by atoms with E-state index in [0.717, 1.165) is 4.90 Å². The van der Waals surface area contributed by atoms with Crippen LogP contribution in [0.25, 0.3) is 0 Å². The first-order chi connectivity index (χ1) is 8.79. The first-order valence-electron chi connectivity index (χ1n) is 5.44. The average Bonchev–Trinajstić information content (AvgIpc) is 2.35. The van der Waals surface area contributed by atoms with E-state index >= 15 is 0 Å². The van der Waals surface area contributed by atoms with Crippen molar-refractivity contribution >= 4 is 11.6 Å². The van der Waals surface area contributed by atoms with Gasteiger partial charge in [0.1, 0.15) is 5.69 Å². The molecule has 0 unspecified atom stereocenters. The van der Waals surface area contributed by atoms with Crippen LogP contribution in [-0.2, 0) is 4.79 Å². The molecular weight excluding hydrogens is 266 g/mol. The Labute approximate surface area is 107 Å². The number of nitrogens with zero attached hydrogens (tertiary/aromatic N) is 3. The molecule has 0 aliphatic carbocycles. The van der Waals surface area contributed by atoms with Gasteiger partial charge >= 0.3 is 0 Å². The van der Waals surface area contributed by atoms with Crippen LogP contribution >= 0.6 is 0 Å². The van der Waals surface area contributed by atoms with Crippen molar-refractivity contribution in [2.24, 2.45) is 0 Å². The number of likely N-dealkylation sites (N-methyl/N-ethyl adjacent to an activating group) is 2. The zero-order valence-corrected chi connectivity index (χ0v) is 10.7. The third kappa shape index (κ3) is 3.12. The van der Waals surface area contributed by atoms with Gasteiger partial charge in [0.2, 0.25) is 17.5 Å². The van der Waals surface area contributed by atoms with Crippen molar-refractivity contribution < 1.29 is 22.4 Å². The van der Waals surface area contributed by atoms with E-state index < -0.39 is 41.7 Å². The highest BCUT2D eigenvalue weighted by molar-refractivity contribution is 5.81. The van der Waals surface area contributed by atoms with Crippen LogP contribution in [0, 0.1) is 23.5 Å². The maximum absolute atomic E-state index is 13.5. The van der Waals surface area contributed by atoms with E-state index in [0.29, 0.717) is 0 Å². The maximum atomic E-state index is 13.5. The minimum Gasteiger partial charge on any atom is -0.357 e. The highest BCUT2D eigenvalue weighted by Crippen LogP contribution is 2.25. The summed E-state index contributed by atoms with van der Waals surface area (Å²) in [7, 11) is 2.91. The number of pyridine rings is 1. The molecule has 0 aliphatic heterocycles. The molecule has 0 aliphatic rings. The molecule has 0 aromatic carbocycles. The Hall–Kier alpha value is -1.86. The van der Waals surface area contributed by atoms with Gasteiger partial charge in [-0.25, -0.2) is 0 Å². The van der Waals surface area contributed by atoms with Crippen molar-refractivity contribution in [3.63, 3.8) is 0 Å². The molecule has 0 atom stereocenters. The second kappa shape index (κ2) is 5.85. The standard InChI is InChI=1S/C11H13F4N3O/c1-4-18(5-6(19)17(2)3)9-7(12)10(14)16-11(15)8(9)13/h4-5H2,1-3H3. The second-order valence-electron chi connectivity index (χ2n) is 3.97. The summed E-state index contributed by atoms with van der Waals surface area (Å²) in [5, 5.41) is 0. The normalized spacial score (nSPS) is 10.5. The van der Waals surface area contributed by atoms with Crippen LogP contribution in [0.2, 0.25) is 0 Å². The van der Waals surface area contributed by atoms with E-state index in [9.17, 15) is 22.4 Å². The van der Waals surface area contributed by atoms with Gasteiger partial charge in [-0.15, -0.1) is 0 Å². The molecule has 0 bridgehead atoms. The highest BCUT2D eigenvalue weighted by atomic mass is 19.2. The fraction of sp³-hybridized carbons (Fsp3) is 0.455. The highest BCUT2D eigenvalue weighted by Gasteiger charge is 2.26. The van der Waals surface area contributed by atoms with Crippen LogP contribution in [0.5, 0.6) is 0 Å². The summed E-state index contributed by atoms with van der Waals surface area (Å²) in [5.41, 5.74) is -0.928.